The molecular weight excluding hydrogens is 357 g/mol. The van der Waals surface area contributed by atoms with E-state index in [1.165, 1.54) is 24.1 Å². The van der Waals surface area contributed by atoms with Crippen molar-refractivity contribution in [3.05, 3.63) is 30.0 Å². The summed E-state index contributed by atoms with van der Waals surface area (Å²) in [7, 11) is 1.43. The molecular formula is C16H15F3N2O5. The highest BCUT2D eigenvalue weighted by molar-refractivity contribution is 6.00. The second kappa shape index (κ2) is 6.52. The fourth-order valence-corrected chi connectivity index (χ4v) is 3.00. The number of methoxy groups -OCH3 is 1. The average molecular weight is 372 g/mol. The molecule has 1 aliphatic rings. The van der Waals surface area contributed by atoms with Crippen molar-refractivity contribution in [2.24, 2.45) is 0 Å². The Morgan fingerprint density at radius 2 is 2.04 bits per heavy atom. The molecule has 0 saturated carbocycles. The number of fused-ring (bicyclic) bond motifs is 1. The lowest BCUT2D eigenvalue weighted by Crippen LogP contribution is -2.40. The molecule has 10 heteroatoms. The minimum absolute atomic E-state index is 0.0761. The van der Waals surface area contributed by atoms with Gasteiger partial charge in [-0.2, -0.15) is 0 Å². The van der Waals surface area contributed by atoms with Gasteiger partial charge in [0.2, 0.25) is 0 Å². The number of alkyl halides is 3. The number of carbonyl (C=O) groups is 2. The van der Waals surface area contributed by atoms with E-state index in [1.807, 2.05) is 0 Å². The Kier molecular flexibility index (Phi) is 4.53. The molecule has 1 saturated heterocycles. The Balaban J connectivity index is 1.87. The highest BCUT2D eigenvalue weighted by Gasteiger charge is 2.40. The Morgan fingerprint density at radius 1 is 1.31 bits per heavy atom. The summed E-state index contributed by atoms with van der Waals surface area (Å²) in [6.07, 6.45) is -5.05. The fourth-order valence-electron chi connectivity index (χ4n) is 3.00. The van der Waals surface area contributed by atoms with Crippen LogP contribution in [0, 0.1) is 0 Å². The van der Waals surface area contributed by atoms with Crippen molar-refractivity contribution in [3.63, 3.8) is 0 Å². The number of aliphatic carboxylic acids is 1. The minimum atomic E-state index is -4.82. The molecule has 1 amide bonds. The van der Waals surface area contributed by atoms with Gasteiger partial charge in [-0.15, -0.1) is 13.2 Å². The molecule has 0 bridgehead atoms. The number of benzene rings is 1. The Bertz CT molecular complexity index is 848. The number of H-pyrrole nitrogens is 1. The molecule has 2 heterocycles. The zero-order chi connectivity index (χ0) is 19.1. The standard InChI is InChI=1S/C16H15F3N2O5/c1-25-10-6-13(15(23)24)21(7-10)14(22)12-4-8-2-3-9(5-11(8)20-12)26-16(17,18)19/h2-5,10,13,20H,6-7H2,1H3,(H,23,24). The van der Waals surface area contributed by atoms with E-state index in [0.29, 0.717) is 5.39 Å². The number of likely N-dealkylation sites (tertiary alicyclic amines) is 1. The molecule has 140 valence electrons. The van der Waals surface area contributed by atoms with Crippen molar-refractivity contribution in [2.75, 3.05) is 13.7 Å². The molecule has 2 atom stereocenters. The number of amides is 1. The summed E-state index contributed by atoms with van der Waals surface area (Å²) in [4.78, 5) is 27.9. The van der Waals surface area contributed by atoms with Gasteiger partial charge in [0.1, 0.15) is 17.5 Å². The van der Waals surface area contributed by atoms with Crippen LogP contribution < -0.4 is 4.74 Å². The number of carbonyl (C=O) groups excluding carboxylic acids is 1. The van der Waals surface area contributed by atoms with Gasteiger partial charge in [-0.25, -0.2) is 4.79 Å². The van der Waals surface area contributed by atoms with Crippen LogP contribution in [0.1, 0.15) is 16.9 Å². The molecule has 1 fully saturated rings. The normalized spacial score (nSPS) is 20.5. The molecule has 1 aromatic carbocycles. The van der Waals surface area contributed by atoms with E-state index in [-0.39, 0.29) is 24.2 Å². The summed E-state index contributed by atoms with van der Waals surface area (Å²) in [6.45, 7) is 0.115. The Labute approximate surface area is 145 Å². The van der Waals surface area contributed by atoms with Crippen LogP contribution >= 0.6 is 0 Å². The molecule has 2 N–H and O–H groups in total. The van der Waals surface area contributed by atoms with E-state index in [2.05, 4.69) is 9.72 Å². The van der Waals surface area contributed by atoms with Gasteiger partial charge in [0.15, 0.2) is 0 Å². The van der Waals surface area contributed by atoms with Crippen LogP contribution in [-0.2, 0) is 9.53 Å². The fraction of sp³-hybridized carbons (Fsp3) is 0.375. The number of hydrogen-bond acceptors (Lipinski definition) is 4. The number of rotatable bonds is 4. The predicted molar refractivity (Wildman–Crippen MR) is 82.9 cm³/mol. The van der Waals surface area contributed by atoms with E-state index < -0.39 is 36.1 Å². The molecule has 0 aliphatic carbocycles. The van der Waals surface area contributed by atoms with E-state index in [1.54, 1.807) is 0 Å². The molecule has 26 heavy (non-hydrogen) atoms. The molecule has 2 unspecified atom stereocenters. The van der Waals surface area contributed by atoms with E-state index in [0.717, 1.165) is 12.1 Å². The zero-order valence-electron chi connectivity index (χ0n) is 13.5. The third-order valence-corrected chi connectivity index (χ3v) is 4.20. The first-order chi connectivity index (χ1) is 12.2. The first kappa shape index (κ1) is 18.1. The van der Waals surface area contributed by atoms with Crippen molar-refractivity contribution < 1.29 is 37.3 Å². The summed E-state index contributed by atoms with van der Waals surface area (Å²) < 4.78 is 45.9. The molecule has 7 nitrogen and oxygen atoms in total. The SMILES string of the molecule is COC1CC(C(=O)O)N(C(=O)c2cc3ccc(OC(F)(F)F)cc3[nH]2)C1. The first-order valence-electron chi connectivity index (χ1n) is 7.63. The predicted octanol–water partition coefficient (Wildman–Crippen LogP) is 2.38. The first-order valence-corrected chi connectivity index (χ1v) is 7.63. The van der Waals surface area contributed by atoms with E-state index >= 15 is 0 Å². The third kappa shape index (κ3) is 3.59. The maximum Gasteiger partial charge on any atom is 0.573 e. The Morgan fingerprint density at radius 3 is 2.65 bits per heavy atom. The van der Waals surface area contributed by atoms with Crippen molar-refractivity contribution in [1.29, 1.82) is 0 Å². The monoisotopic (exact) mass is 372 g/mol. The van der Waals surface area contributed by atoms with Crippen LogP contribution in [0.2, 0.25) is 0 Å². The summed E-state index contributed by atoms with van der Waals surface area (Å²) in [6, 6.07) is 4.06. The van der Waals surface area contributed by atoms with Crippen molar-refractivity contribution in [2.45, 2.75) is 24.9 Å². The number of hydrogen-bond donors (Lipinski definition) is 2. The minimum Gasteiger partial charge on any atom is -0.480 e. The molecule has 3 rings (SSSR count). The van der Waals surface area contributed by atoms with Crippen LogP contribution in [0.4, 0.5) is 13.2 Å². The van der Waals surface area contributed by atoms with E-state index in [4.69, 9.17) is 4.74 Å². The maximum atomic E-state index is 12.7. The number of aromatic nitrogens is 1. The summed E-state index contributed by atoms with van der Waals surface area (Å²) in [5.41, 5.74) is 0.344. The average Bonchev–Trinajstić information content (AvgIpc) is 3.16. The molecule has 1 aliphatic heterocycles. The topological polar surface area (TPSA) is 91.9 Å². The van der Waals surface area contributed by atoms with Crippen molar-refractivity contribution in [1.82, 2.24) is 9.88 Å². The van der Waals surface area contributed by atoms with Gasteiger partial charge in [-0.1, -0.05) is 0 Å². The Hall–Kier alpha value is -2.75. The molecule has 0 radical (unpaired) electrons. The number of halogens is 3. The van der Waals surface area contributed by atoms with Gasteiger partial charge in [0.25, 0.3) is 5.91 Å². The molecule has 2 aromatic rings. The summed E-state index contributed by atoms with van der Waals surface area (Å²) >= 11 is 0. The van der Waals surface area contributed by atoms with Crippen LogP contribution in [0.5, 0.6) is 5.75 Å². The lowest BCUT2D eigenvalue weighted by atomic mass is 10.2. The molecule has 1 aromatic heterocycles. The van der Waals surface area contributed by atoms with Crippen LogP contribution in [0.25, 0.3) is 10.9 Å². The maximum absolute atomic E-state index is 12.7. The van der Waals surface area contributed by atoms with E-state index in [9.17, 15) is 27.9 Å². The smallest absolute Gasteiger partial charge is 0.480 e. The number of nitrogens with one attached hydrogen (secondary N) is 1. The van der Waals surface area contributed by atoms with Crippen LogP contribution in [0.3, 0.4) is 0 Å². The van der Waals surface area contributed by atoms with Gasteiger partial charge >= 0.3 is 12.3 Å². The second-order valence-electron chi connectivity index (χ2n) is 5.88. The number of aromatic amines is 1. The second-order valence-corrected chi connectivity index (χ2v) is 5.88. The van der Waals surface area contributed by atoms with Gasteiger partial charge in [0.05, 0.1) is 6.10 Å². The number of carboxylic acids is 1. The van der Waals surface area contributed by atoms with Gasteiger partial charge < -0.3 is 24.5 Å². The largest absolute Gasteiger partial charge is 0.573 e. The summed E-state index contributed by atoms with van der Waals surface area (Å²) in [5.74, 6) is -2.13. The zero-order valence-corrected chi connectivity index (χ0v) is 13.5. The quantitative estimate of drug-likeness (QED) is 0.860. The van der Waals surface area contributed by atoms with Crippen LogP contribution in [-0.4, -0.2) is 59.0 Å². The van der Waals surface area contributed by atoms with Crippen LogP contribution in [0.15, 0.2) is 24.3 Å². The van der Waals surface area contributed by atoms with Crippen molar-refractivity contribution in [3.8, 4) is 5.75 Å². The van der Waals surface area contributed by atoms with Crippen molar-refractivity contribution >= 4 is 22.8 Å². The number of ether oxygens (including phenoxy) is 2. The lowest BCUT2D eigenvalue weighted by molar-refractivity contribution is -0.274. The third-order valence-electron chi connectivity index (χ3n) is 4.20. The molecule has 0 spiro atoms. The lowest BCUT2D eigenvalue weighted by Gasteiger charge is -2.20. The van der Waals surface area contributed by atoms with Gasteiger partial charge in [0, 0.05) is 37.0 Å². The number of carboxylic acid groups (broad SMARTS) is 1. The van der Waals surface area contributed by atoms with Gasteiger partial charge in [-0.3, -0.25) is 4.79 Å². The summed E-state index contributed by atoms with van der Waals surface area (Å²) in [5, 5.41) is 9.79. The highest BCUT2D eigenvalue weighted by Crippen LogP contribution is 2.28. The van der Waals surface area contributed by atoms with Gasteiger partial charge in [-0.05, 0) is 18.2 Å². The number of nitrogens with zero attached hydrogens (tertiary/aromatic N) is 1. The highest BCUT2D eigenvalue weighted by atomic mass is 19.4.